The van der Waals surface area contributed by atoms with Crippen LogP contribution in [0.4, 0.5) is 10.8 Å². The van der Waals surface area contributed by atoms with Crippen LogP contribution in [0.15, 0.2) is 48.7 Å². The predicted molar refractivity (Wildman–Crippen MR) is 143 cm³/mol. The second-order valence-electron chi connectivity index (χ2n) is 8.99. The van der Waals surface area contributed by atoms with Crippen LogP contribution in [-0.2, 0) is 4.79 Å². The third-order valence-corrected chi connectivity index (χ3v) is 8.46. The van der Waals surface area contributed by atoms with Crippen LogP contribution < -0.4 is 10.2 Å². The summed E-state index contributed by atoms with van der Waals surface area (Å²) in [6, 6.07) is 13.7. The number of hydrogen-bond donors (Lipinski definition) is 1. The number of piperidine rings is 1. The number of carbonyl (C=O) groups excluding carboxylic acids is 2. The Bertz CT molecular complexity index is 1320. The highest BCUT2D eigenvalue weighted by Gasteiger charge is 2.27. The number of thiophene rings is 1. The first kappa shape index (κ1) is 23.4. The first-order chi connectivity index (χ1) is 16.9. The summed E-state index contributed by atoms with van der Waals surface area (Å²) in [6.45, 7) is 3.62. The number of nitrogens with zero attached hydrogens (tertiary/aromatic N) is 4. The van der Waals surface area contributed by atoms with Gasteiger partial charge in [0.25, 0.3) is 5.91 Å². The number of aromatic nitrogens is 2. The van der Waals surface area contributed by atoms with Gasteiger partial charge in [0.15, 0.2) is 5.13 Å². The first-order valence-corrected chi connectivity index (χ1v) is 13.2. The third kappa shape index (κ3) is 5.06. The van der Waals surface area contributed by atoms with Crippen LogP contribution in [0, 0.1) is 12.8 Å². The molecule has 1 aliphatic heterocycles. The highest BCUT2D eigenvalue weighted by molar-refractivity contribution is 7.29. The number of aryl methyl sites for hydroxylation is 1. The number of fused-ring (bicyclic) bond motifs is 1. The van der Waals surface area contributed by atoms with Crippen molar-refractivity contribution < 1.29 is 9.59 Å². The summed E-state index contributed by atoms with van der Waals surface area (Å²) in [5.41, 5.74) is 3.83. The molecule has 35 heavy (non-hydrogen) atoms. The Morgan fingerprint density at radius 1 is 1.03 bits per heavy atom. The lowest BCUT2D eigenvalue weighted by Crippen LogP contribution is -2.40. The molecule has 2 amide bonds. The molecule has 0 spiro atoms. The van der Waals surface area contributed by atoms with E-state index in [0.29, 0.717) is 4.88 Å². The summed E-state index contributed by atoms with van der Waals surface area (Å²) < 4.78 is 1.02. The fraction of sp³-hybridized carbons (Fsp3) is 0.308. The van der Waals surface area contributed by atoms with Gasteiger partial charge in [0, 0.05) is 56.2 Å². The Morgan fingerprint density at radius 2 is 1.74 bits per heavy atom. The highest BCUT2D eigenvalue weighted by Crippen LogP contribution is 2.36. The van der Waals surface area contributed by atoms with Gasteiger partial charge in [-0.2, -0.15) is 0 Å². The van der Waals surface area contributed by atoms with Crippen molar-refractivity contribution in [3.8, 4) is 11.1 Å². The number of carbonyl (C=O) groups is 2. The van der Waals surface area contributed by atoms with E-state index in [-0.39, 0.29) is 17.7 Å². The minimum absolute atomic E-state index is 0.0975. The fourth-order valence-corrected chi connectivity index (χ4v) is 6.39. The van der Waals surface area contributed by atoms with Crippen molar-refractivity contribution in [1.82, 2.24) is 14.9 Å². The maximum absolute atomic E-state index is 12.8. The van der Waals surface area contributed by atoms with Crippen molar-refractivity contribution in [1.29, 1.82) is 0 Å². The molecule has 0 unspecified atom stereocenters. The Balaban J connectivity index is 1.22. The average Bonchev–Trinajstić information content (AvgIpc) is 3.44. The molecule has 9 heteroatoms. The summed E-state index contributed by atoms with van der Waals surface area (Å²) in [5, 5.41) is 3.95. The quantitative estimate of drug-likeness (QED) is 0.399. The fourth-order valence-electron chi connectivity index (χ4n) is 4.23. The molecular weight excluding hydrogens is 478 g/mol. The smallest absolute Gasteiger partial charge is 0.265 e. The summed E-state index contributed by atoms with van der Waals surface area (Å²) >= 11 is 3.02. The molecule has 1 aliphatic rings. The van der Waals surface area contributed by atoms with Crippen LogP contribution in [0.3, 0.4) is 0 Å². The molecule has 1 saturated heterocycles. The van der Waals surface area contributed by atoms with Gasteiger partial charge in [0.05, 0.1) is 9.58 Å². The topological polar surface area (TPSA) is 78.4 Å². The van der Waals surface area contributed by atoms with Crippen LogP contribution in [0.5, 0.6) is 0 Å². The number of nitrogens with one attached hydrogen (secondary N) is 1. The molecule has 1 aromatic carbocycles. The van der Waals surface area contributed by atoms with Gasteiger partial charge >= 0.3 is 0 Å². The Kier molecular flexibility index (Phi) is 6.53. The number of amides is 2. The van der Waals surface area contributed by atoms with E-state index in [4.69, 9.17) is 4.98 Å². The van der Waals surface area contributed by atoms with Gasteiger partial charge in [-0.3, -0.25) is 14.6 Å². The number of hydrogen-bond acceptors (Lipinski definition) is 7. The SMILES string of the molecule is Cc1ccc(-c2ccc(NC(=O)c3cc4sc(N5CCC(C(=O)N(C)C)CC5)nc4s3)cc2)cn1. The molecule has 5 rings (SSSR count). The molecule has 4 heterocycles. The van der Waals surface area contributed by atoms with Gasteiger partial charge in [0.1, 0.15) is 4.83 Å². The van der Waals surface area contributed by atoms with E-state index >= 15 is 0 Å². The van der Waals surface area contributed by atoms with Crippen molar-refractivity contribution in [3.63, 3.8) is 0 Å². The Hall–Kier alpha value is -3.30. The summed E-state index contributed by atoms with van der Waals surface area (Å²) in [5.74, 6) is 0.178. The summed E-state index contributed by atoms with van der Waals surface area (Å²) in [4.78, 5) is 39.6. The zero-order valence-electron chi connectivity index (χ0n) is 19.9. The van der Waals surface area contributed by atoms with Crippen molar-refractivity contribution >= 4 is 54.8 Å². The van der Waals surface area contributed by atoms with E-state index in [1.165, 1.54) is 11.3 Å². The Morgan fingerprint density at radius 3 is 2.37 bits per heavy atom. The van der Waals surface area contributed by atoms with E-state index in [1.54, 1.807) is 16.2 Å². The number of pyridine rings is 1. The average molecular weight is 506 g/mol. The lowest BCUT2D eigenvalue weighted by Gasteiger charge is -2.32. The molecule has 0 saturated carbocycles. The minimum atomic E-state index is -0.130. The highest BCUT2D eigenvalue weighted by atomic mass is 32.1. The lowest BCUT2D eigenvalue weighted by atomic mass is 9.96. The zero-order valence-corrected chi connectivity index (χ0v) is 21.6. The standard InChI is InChI=1S/C26H27N5O2S2/c1-16-4-5-19(15-27-16)17-6-8-20(9-7-17)28-23(32)21-14-22-24(34-21)29-26(35-22)31-12-10-18(11-13-31)25(33)30(2)3/h4-9,14-15,18H,10-13H2,1-3H3,(H,28,32). The predicted octanol–water partition coefficient (Wildman–Crippen LogP) is 5.29. The van der Waals surface area contributed by atoms with Gasteiger partial charge < -0.3 is 15.1 Å². The number of thiazole rings is 1. The van der Waals surface area contributed by atoms with Crippen molar-refractivity contribution in [2.45, 2.75) is 19.8 Å². The van der Waals surface area contributed by atoms with Gasteiger partial charge in [-0.1, -0.05) is 29.5 Å². The number of benzene rings is 1. The van der Waals surface area contributed by atoms with E-state index in [1.807, 2.05) is 69.7 Å². The minimum Gasteiger partial charge on any atom is -0.349 e. The molecule has 1 N–H and O–H groups in total. The van der Waals surface area contributed by atoms with Crippen LogP contribution in [0.2, 0.25) is 0 Å². The summed E-state index contributed by atoms with van der Waals surface area (Å²) in [7, 11) is 3.63. The zero-order chi connectivity index (χ0) is 24.5. The largest absolute Gasteiger partial charge is 0.349 e. The van der Waals surface area contributed by atoms with Crippen LogP contribution in [0.25, 0.3) is 20.7 Å². The normalized spacial score (nSPS) is 14.3. The van der Waals surface area contributed by atoms with Gasteiger partial charge in [0.2, 0.25) is 5.91 Å². The second-order valence-corrected chi connectivity index (χ2v) is 11.0. The number of anilines is 2. The molecule has 180 valence electrons. The molecule has 1 fully saturated rings. The summed E-state index contributed by atoms with van der Waals surface area (Å²) in [6.07, 6.45) is 3.54. The molecule has 7 nitrogen and oxygen atoms in total. The van der Waals surface area contributed by atoms with Crippen molar-refractivity contribution in [2.24, 2.45) is 5.92 Å². The molecule has 0 radical (unpaired) electrons. The maximum Gasteiger partial charge on any atom is 0.265 e. The lowest BCUT2D eigenvalue weighted by molar-refractivity contribution is -0.133. The maximum atomic E-state index is 12.8. The van der Waals surface area contributed by atoms with Crippen LogP contribution in [0.1, 0.15) is 28.2 Å². The molecule has 3 aromatic heterocycles. The van der Waals surface area contributed by atoms with Gasteiger partial charge in [-0.25, -0.2) is 4.98 Å². The Labute approximate surface area is 212 Å². The number of rotatable bonds is 5. The van der Waals surface area contributed by atoms with Crippen molar-refractivity contribution in [2.75, 3.05) is 37.4 Å². The van der Waals surface area contributed by atoms with E-state index in [2.05, 4.69) is 15.2 Å². The molecule has 0 bridgehead atoms. The van der Waals surface area contributed by atoms with Gasteiger partial charge in [-0.15, -0.1) is 11.3 Å². The van der Waals surface area contributed by atoms with E-state index in [0.717, 1.165) is 63.1 Å². The third-order valence-electron chi connectivity index (χ3n) is 6.24. The molecule has 0 aliphatic carbocycles. The van der Waals surface area contributed by atoms with E-state index < -0.39 is 0 Å². The first-order valence-electron chi connectivity index (χ1n) is 11.6. The molecule has 0 atom stereocenters. The molecule has 4 aromatic rings. The van der Waals surface area contributed by atoms with Gasteiger partial charge in [-0.05, 0) is 49.6 Å². The van der Waals surface area contributed by atoms with Crippen molar-refractivity contribution in [3.05, 3.63) is 59.2 Å². The van der Waals surface area contributed by atoms with Crippen LogP contribution in [-0.4, -0.2) is 53.9 Å². The van der Waals surface area contributed by atoms with E-state index in [9.17, 15) is 9.59 Å². The van der Waals surface area contributed by atoms with Crippen LogP contribution >= 0.6 is 22.7 Å². The second kappa shape index (κ2) is 9.75. The monoisotopic (exact) mass is 505 g/mol. The molecular formula is C26H27N5O2S2.